The molecule has 0 radical (unpaired) electrons. The standard InChI is InChI=1S/C8H13NO/c1-3-4-5-7-8(10-2)6-9-7/h4-5,9H,3,6H2,1-2H3/b5-4-. The second-order valence-electron chi connectivity index (χ2n) is 2.21. The Morgan fingerprint density at radius 2 is 2.50 bits per heavy atom. The van der Waals surface area contributed by atoms with E-state index in [9.17, 15) is 0 Å². The molecule has 0 bridgehead atoms. The van der Waals surface area contributed by atoms with E-state index in [1.165, 1.54) is 0 Å². The molecule has 0 saturated heterocycles. The molecule has 1 aliphatic heterocycles. The fourth-order valence-corrected chi connectivity index (χ4v) is 0.832. The SMILES string of the molecule is CC/C=C\C1=C(OC)CN1. The molecule has 1 heterocycles. The van der Waals surface area contributed by atoms with Gasteiger partial charge in [-0.2, -0.15) is 0 Å². The van der Waals surface area contributed by atoms with Crippen molar-refractivity contribution in [2.75, 3.05) is 13.7 Å². The predicted octanol–water partition coefficient (Wildman–Crippen LogP) is 1.41. The Morgan fingerprint density at radius 3 is 2.90 bits per heavy atom. The van der Waals surface area contributed by atoms with Gasteiger partial charge in [-0.25, -0.2) is 0 Å². The number of ether oxygens (including phenoxy) is 1. The van der Waals surface area contributed by atoms with E-state index < -0.39 is 0 Å². The summed E-state index contributed by atoms with van der Waals surface area (Å²) in [7, 11) is 1.70. The Hall–Kier alpha value is -0.920. The van der Waals surface area contributed by atoms with Crippen LogP contribution in [0.4, 0.5) is 0 Å². The summed E-state index contributed by atoms with van der Waals surface area (Å²) in [6.45, 7) is 2.99. The van der Waals surface area contributed by atoms with E-state index in [-0.39, 0.29) is 0 Å². The van der Waals surface area contributed by atoms with Gasteiger partial charge in [0.2, 0.25) is 0 Å². The second-order valence-corrected chi connectivity index (χ2v) is 2.21. The first-order chi connectivity index (χ1) is 4.88. The molecule has 0 spiro atoms. The maximum absolute atomic E-state index is 5.06. The zero-order chi connectivity index (χ0) is 7.40. The lowest BCUT2D eigenvalue weighted by Gasteiger charge is -2.21. The van der Waals surface area contributed by atoms with Crippen molar-refractivity contribution in [3.05, 3.63) is 23.6 Å². The average Bonchev–Trinajstić information content (AvgIpc) is 1.88. The van der Waals surface area contributed by atoms with E-state index in [0.717, 1.165) is 24.4 Å². The molecule has 0 atom stereocenters. The third kappa shape index (κ3) is 1.32. The molecule has 0 aromatic heterocycles. The van der Waals surface area contributed by atoms with Gasteiger partial charge < -0.3 is 10.1 Å². The Balaban J connectivity index is 2.48. The second kappa shape index (κ2) is 3.30. The smallest absolute Gasteiger partial charge is 0.138 e. The van der Waals surface area contributed by atoms with Gasteiger partial charge in [-0.05, 0) is 12.5 Å². The maximum atomic E-state index is 5.06. The molecular weight excluding hydrogens is 126 g/mol. The van der Waals surface area contributed by atoms with Crippen molar-refractivity contribution in [2.24, 2.45) is 0 Å². The lowest BCUT2D eigenvalue weighted by atomic mass is 10.2. The minimum Gasteiger partial charge on any atom is -0.497 e. The average molecular weight is 139 g/mol. The number of nitrogens with one attached hydrogen (secondary N) is 1. The molecule has 56 valence electrons. The molecule has 0 aromatic rings. The highest BCUT2D eigenvalue weighted by atomic mass is 16.5. The van der Waals surface area contributed by atoms with Crippen LogP contribution in [-0.2, 0) is 4.74 Å². The van der Waals surface area contributed by atoms with Crippen LogP contribution in [0.2, 0.25) is 0 Å². The monoisotopic (exact) mass is 139 g/mol. The number of rotatable bonds is 3. The Labute approximate surface area is 61.6 Å². The third-order valence-corrected chi connectivity index (χ3v) is 1.51. The maximum Gasteiger partial charge on any atom is 0.138 e. The van der Waals surface area contributed by atoms with Gasteiger partial charge in [0, 0.05) is 0 Å². The molecule has 1 aliphatic rings. The Morgan fingerprint density at radius 1 is 1.70 bits per heavy atom. The summed E-state index contributed by atoms with van der Waals surface area (Å²) in [5.41, 5.74) is 1.13. The van der Waals surface area contributed by atoms with Crippen molar-refractivity contribution >= 4 is 0 Å². The van der Waals surface area contributed by atoms with Gasteiger partial charge >= 0.3 is 0 Å². The predicted molar refractivity (Wildman–Crippen MR) is 41.5 cm³/mol. The summed E-state index contributed by atoms with van der Waals surface area (Å²) in [6.07, 6.45) is 5.24. The molecule has 0 amide bonds. The molecule has 0 unspecified atom stereocenters. The summed E-state index contributed by atoms with van der Waals surface area (Å²) in [5, 5.41) is 3.15. The van der Waals surface area contributed by atoms with E-state index in [0.29, 0.717) is 0 Å². The lowest BCUT2D eigenvalue weighted by molar-refractivity contribution is 0.257. The van der Waals surface area contributed by atoms with Crippen LogP contribution in [0.25, 0.3) is 0 Å². The van der Waals surface area contributed by atoms with Gasteiger partial charge in [0.05, 0.1) is 19.4 Å². The normalized spacial score (nSPS) is 17.0. The van der Waals surface area contributed by atoms with E-state index in [4.69, 9.17) is 4.74 Å². The van der Waals surface area contributed by atoms with Crippen molar-refractivity contribution in [3.8, 4) is 0 Å². The van der Waals surface area contributed by atoms with Crippen molar-refractivity contribution in [3.63, 3.8) is 0 Å². The fraction of sp³-hybridized carbons (Fsp3) is 0.500. The number of hydrogen-bond donors (Lipinski definition) is 1. The van der Waals surface area contributed by atoms with Crippen LogP contribution in [0.15, 0.2) is 23.6 Å². The molecule has 1 N–H and O–H groups in total. The summed E-state index contributed by atoms with van der Waals surface area (Å²) in [4.78, 5) is 0. The first kappa shape index (κ1) is 7.19. The quantitative estimate of drug-likeness (QED) is 0.638. The molecule has 0 aromatic carbocycles. The molecule has 1 rings (SSSR count). The van der Waals surface area contributed by atoms with Gasteiger partial charge in [0.1, 0.15) is 5.76 Å². The zero-order valence-corrected chi connectivity index (χ0v) is 6.48. The summed E-state index contributed by atoms with van der Waals surface area (Å²) in [6, 6.07) is 0. The first-order valence-electron chi connectivity index (χ1n) is 3.56. The third-order valence-electron chi connectivity index (χ3n) is 1.51. The minimum atomic E-state index is 0.875. The molecule has 2 heteroatoms. The van der Waals surface area contributed by atoms with Crippen LogP contribution in [0.1, 0.15) is 13.3 Å². The number of allylic oxidation sites excluding steroid dienone is 2. The highest BCUT2D eigenvalue weighted by Gasteiger charge is 2.12. The summed E-state index contributed by atoms with van der Waals surface area (Å²) >= 11 is 0. The van der Waals surface area contributed by atoms with E-state index in [2.05, 4.69) is 24.4 Å². The van der Waals surface area contributed by atoms with Crippen LogP contribution >= 0.6 is 0 Å². The van der Waals surface area contributed by atoms with Gasteiger partial charge in [0.25, 0.3) is 0 Å². The number of hydrogen-bond acceptors (Lipinski definition) is 2. The topological polar surface area (TPSA) is 21.3 Å². The van der Waals surface area contributed by atoms with Gasteiger partial charge in [-0.15, -0.1) is 0 Å². The molecular formula is C8H13NO. The first-order valence-corrected chi connectivity index (χ1v) is 3.56. The lowest BCUT2D eigenvalue weighted by Crippen LogP contribution is -2.29. The Bertz CT molecular complexity index is 170. The van der Waals surface area contributed by atoms with Crippen LogP contribution in [0.5, 0.6) is 0 Å². The van der Waals surface area contributed by atoms with Crippen LogP contribution in [0, 0.1) is 0 Å². The molecule has 0 saturated carbocycles. The number of methoxy groups -OCH3 is 1. The zero-order valence-electron chi connectivity index (χ0n) is 6.48. The molecule has 0 fully saturated rings. The van der Waals surface area contributed by atoms with Crippen LogP contribution in [-0.4, -0.2) is 13.7 Å². The highest BCUT2D eigenvalue weighted by Crippen LogP contribution is 2.12. The molecule has 10 heavy (non-hydrogen) atoms. The van der Waals surface area contributed by atoms with Gasteiger partial charge in [-0.1, -0.05) is 13.0 Å². The Kier molecular flexibility index (Phi) is 2.37. The minimum absolute atomic E-state index is 0.875. The highest BCUT2D eigenvalue weighted by molar-refractivity contribution is 5.29. The molecule has 0 aliphatic carbocycles. The van der Waals surface area contributed by atoms with Crippen molar-refractivity contribution < 1.29 is 4.74 Å². The van der Waals surface area contributed by atoms with Gasteiger partial charge in [-0.3, -0.25) is 0 Å². The summed E-state index contributed by atoms with van der Waals surface area (Å²) in [5.74, 6) is 1.06. The van der Waals surface area contributed by atoms with Crippen molar-refractivity contribution in [2.45, 2.75) is 13.3 Å². The van der Waals surface area contributed by atoms with Crippen LogP contribution < -0.4 is 5.32 Å². The largest absolute Gasteiger partial charge is 0.497 e. The van der Waals surface area contributed by atoms with E-state index in [1.54, 1.807) is 7.11 Å². The van der Waals surface area contributed by atoms with Crippen molar-refractivity contribution in [1.29, 1.82) is 0 Å². The van der Waals surface area contributed by atoms with Crippen LogP contribution in [0.3, 0.4) is 0 Å². The van der Waals surface area contributed by atoms with Crippen molar-refractivity contribution in [1.82, 2.24) is 5.32 Å². The molecule has 2 nitrogen and oxygen atoms in total. The van der Waals surface area contributed by atoms with E-state index >= 15 is 0 Å². The van der Waals surface area contributed by atoms with E-state index in [1.807, 2.05) is 0 Å². The van der Waals surface area contributed by atoms with Gasteiger partial charge in [0.15, 0.2) is 0 Å². The summed E-state index contributed by atoms with van der Waals surface area (Å²) < 4.78 is 5.06. The fourth-order valence-electron chi connectivity index (χ4n) is 0.832.